The Morgan fingerprint density at radius 1 is 1.33 bits per heavy atom. The van der Waals surface area contributed by atoms with Gasteiger partial charge in [0, 0.05) is 10.5 Å². The van der Waals surface area contributed by atoms with Crippen LogP contribution in [0, 0.1) is 6.92 Å². The van der Waals surface area contributed by atoms with Crippen LogP contribution in [0.3, 0.4) is 0 Å². The second kappa shape index (κ2) is 6.69. The Balaban J connectivity index is 2.09. The predicted octanol–water partition coefficient (Wildman–Crippen LogP) is 4.17. The zero-order chi connectivity index (χ0) is 15.4. The van der Waals surface area contributed by atoms with Crippen LogP contribution in [-0.2, 0) is 4.79 Å². The van der Waals surface area contributed by atoms with Gasteiger partial charge in [-0.15, -0.1) is 11.3 Å². The number of carboxylic acid groups (broad SMARTS) is 1. The summed E-state index contributed by atoms with van der Waals surface area (Å²) < 4.78 is 0.897. The number of thiophene rings is 1. The predicted molar refractivity (Wildman–Crippen MR) is 87.8 cm³/mol. The number of aryl methyl sites for hydroxylation is 1. The van der Waals surface area contributed by atoms with Crippen LogP contribution < -0.4 is 5.32 Å². The van der Waals surface area contributed by atoms with Gasteiger partial charge in [-0.2, -0.15) is 0 Å². The first-order valence-corrected chi connectivity index (χ1v) is 7.70. The minimum absolute atomic E-state index is 0.119. The first-order chi connectivity index (χ1) is 9.97. The Morgan fingerprint density at radius 2 is 2.10 bits per heavy atom. The van der Waals surface area contributed by atoms with Crippen LogP contribution in [0.2, 0.25) is 0 Å². The number of benzene rings is 1. The molecule has 2 N–H and O–H groups in total. The van der Waals surface area contributed by atoms with Crippen LogP contribution in [0.25, 0.3) is 6.08 Å². The molecule has 0 saturated carbocycles. The second-order valence-corrected chi connectivity index (χ2v) is 6.09. The lowest BCUT2D eigenvalue weighted by molar-refractivity contribution is -0.111. The number of carbonyl (C=O) groups is 2. The fraction of sp³-hybridized carbons (Fsp3) is 0.0667. The van der Waals surface area contributed by atoms with E-state index in [1.54, 1.807) is 17.5 Å². The minimum Gasteiger partial charge on any atom is -0.477 e. The van der Waals surface area contributed by atoms with Gasteiger partial charge in [0.1, 0.15) is 4.88 Å². The normalized spacial score (nSPS) is 10.8. The van der Waals surface area contributed by atoms with Gasteiger partial charge in [-0.3, -0.25) is 4.79 Å². The molecular formula is C15H12BrNO3S. The summed E-state index contributed by atoms with van der Waals surface area (Å²) in [4.78, 5) is 22.9. The van der Waals surface area contributed by atoms with E-state index in [1.807, 2.05) is 25.1 Å². The Labute approximate surface area is 134 Å². The summed E-state index contributed by atoms with van der Waals surface area (Å²) in [6.45, 7) is 1.98. The Hall–Kier alpha value is -1.92. The molecule has 4 nitrogen and oxygen atoms in total. The number of hydrogen-bond donors (Lipinski definition) is 2. The maximum atomic E-state index is 11.8. The minimum atomic E-state index is -1.05. The fourth-order valence-electron chi connectivity index (χ4n) is 1.68. The summed E-state index contributed by atoms with van der Waals surface area (Å²) in [7, 11) is 0. The standard InChI is InChI=1S/C15H12BrNO3S/c1-9-2-3-10(11(16)8-9)4-5-13(18)17-12-6-7-21-14(12)15(19)20/h2-8H,1H3,(H,17,18)(H,19,20)/b5-4+. The molecule has 2 aromatic rings. The third kappa shape index (κ3) is 4.03. The summed E-state index contributed by atoms with van der Waals surface area (Å²) in [5, 5.41) is 13.2. The molecule has 108 valence electrons. The first kappa shape index (κ1) is 15.5. The van der Waals surface area contributed by atoms with Gasteiger partial charge in [0.25, 0.3) is 0 Å². The van der Waals surface area contributed by atoms with Crippen LogP contribution in [0.1, 0.15) is 20.8 Å². The van der Waals surface area contributed by atoms with Gasteiger partial charge in [0.2, 0.25) is 5.91 Å². The first-order valence-electron chi connectivity index (χ1n) is 6.03. The molecule has 0 spiro atoms. The van der Waals surface area contributed by atoms with Crippen molar-refractivity contribution in [1.82, 2.24) is 0 Å². The average Bonchev–Trinajstić information content (AvgIpc) is 2.86. The molecule has 0 aliphatic heterocycles. The molecule has 6 heteroatoms. The highest BCUT2D eigenvalue weighted by atomic mass is 79.9. The summed E-state index contributed by atoms with van der Waals surface area (Å²) in [6.07, 6.45) is 3.05. The van der Waals surface area contributed by atoms with Crippen molar-refractivity contribution in [2.75, 3.05) is 5.32 Å². The summed E-state index contributed by atoms with van der Waals surface area (Å²) >= 11 is 4.50. The van der Waals surface area contributed by atoms with Crippen LogP contribution in [0.4, 0.5) is 5.69 Å². The Kier molecular flexibility index (Phi) is 4.93. The van der Waals surface area contributed by atoms with Crippen molar-refractivity contribution in [2.45, 2.75) is 6.92 Å². The molecule has 0 radical (unpaired) electrons. The highest BCUT2D eigenvalue weighted by molar-refractivity contribution is 9.10. The van der Waals surface area contributed by atoms with Crippen LogP contribution >= 0.6 is 27.3 Å². The van der Waals surface area contributed by atoms with Crippen molar-refractivity contribution in [3.8, 4) is 0 Å². The number of amides is 1. The van der Waals surface area contributed by atoms with Crippen LogP contribution in [0.15, 0.2) is 40.2 Å². The maximum absolute atomic E-state index is 11.8. The molecule has 1 heterocycles. The van der Waals surface area contributed by atoms with E-state index >= 15 is 0 Å². The molecule has 0 atom stereocenters. The maximum Gasteiger partial charge on any atom is 0.348 e. The number of carbonyl (C=O) groups excluding carboxylic acids is 1. The fourth-order valence-corrected chi connectivity index (χ4v) is 2.99. The summed E-state index contributed by atoms with van der Waals surface area (Å²) in [5.74, 6) is -1.42. The van der Waals surface area contributed by atoms with E-state index < -0.39 is 5.97 Å². The number of halogens is 1. The quantitative estimate of drug-likeness (QED) is 0.799. The number of aromatic carboxylic acids is 1. The van der Waals surface area contributed by atoms with E-state index in [0.29, 0.717) is 5.69 Å². The molecule has 0 bridgehead atoms. The van der Waals surface area contributed by atoms with Gasteiger partial charge in [-0.1, -0.05) is 28.1 Å². The van der Waals surface area contributed by atoms with E-state index in [1.165, 1.54) is 6.08 Å². The second-order valence-electron chi connectivity index (χ2n) is 4.32. The number of nitrogens with one attached hydrogen (secondary N) is 1. The molecule has 21 heavy (non-hydrogen) atoms. The zero-order valence-corrected chi connectivity index (χ0v) is 13.5. The third-order valence-electron chi connectivity index (χ3n) is 2.69. The smallest absolute Gasteiger partial charge is 0.348 e. The third-order valence-corrected chi connectivity index (χ3v) is 4.28. The molecule has 0 fully saturated rings. The molecule has 0 aliphatic rings. The van der Waals surface area contributed by atoms with E-state index in [0.717, 1.165) is 26.9 Å². The Morgan fingerprint density at radius 3 is 2.76 bits per heavy atom. The van der Waals surface area contributed by atoms with Crippen molar-refractivity contribution in [2.24, 2.45) is 0 Å². The van der Waals surface area contributed by atoms with Gasteiger partial charge in [-0.25, -0.2) is 4.79 Å². The largest absolute Gasteiger partial charge is 0.477 e. The summed E-state index contributed by atoms with van der Waals surface area (Å²) in [6, 6.07) is 7.38. The molecule has 0 saturated heterocycles. The lowest BCUT2D eigenvalue weighted by Crippen LogP contribution is -2.10. The monoisotopic (exact) mass is 365 g/mol. The lowest BCUT2D eigenvalue weighted by Gasteiger charge is -2.02. The average molecular weight is 366 g/mol. The SMILES string of the molecule is Cc1ccc(/C=C/C(=O)Nc2ccsc2C(=O)O)c(Br)c1. The van der Waals surface area contributed by atoms with Crippen molar-refractivity contribution in [3.05, 3.63) is 56.2 Å². The molecule has 1 aromatic carbocycles. The lowest BCUT2D eigenvalue weighted by atomic mass is 10.1. The van der Waals surface area contributed by atoms with E-state index in [9.17, 15) is 9.59 Å². The van der Waals surface area contributed by atoms with Crippen molar-refractivity contribution < 1.29 is 14.7 Å². The van der Waals surface area contributed by atoms with Gasteiger partial charge in [0.15, 0.2) is 0 Å². The van der Waals surface area contributed by atoms with Crippen LogP contribution in [-0.4, -0.2) is 17.0 Å². The summed E-state index contributed by atoms with van der Waals surface area (Å²) in [5.41, 5.74) is 2.30. The van der Waals surface area contributed by atoms with Crippen LogP contribution in [0.5, 0.6) is 0 Å². The van der Waals surface area contributed by atoms with E-state index in [4.69, 9.17) is 5.11 Å². The molecule has 1 aromatic heterocycles. The van der Waals surface area contributed by atoms with Gasteiger partial charge in [0.05, 0.1) is 5.69 Å². The van der Waals surface area contributed by atoms with E-state index in [-0.39, 0.29) is 10.8 Å². The molecule has 0 aliphatic carbocycles. The molecule has 2 rings (SSSR count). The van der Waals surface area contributed by atoms with Gasteiger partial charge < -0.3 is 10.4 Å². The Bertz CT molecular complexity index is 721. The highest BCUT2D eigenvalue weighted by Gasteiger charge is 2.12. The number of rotatable bonds is 4. The molecule has 0 unspecified atom stereocenters. The number of anilines is 1. The molecule has 1 amide bonds. The topological polar surface area (TPSA) is 66.4 Å². The number of hydrogen-bond acceptors (Lipinski definition) is 3. The van der Waals surface area contributed by atoms with Gasteiger partial charge in [-0.05, 0) is 41.6 Å². The van der Waals surface area contributed by atoms with Gasteiger partial charge >= 0.3 is 5.97 Å². The molecular weight excluding hydrogens is 354 g/mol. The zero-order valence-electron chi connectivity index (χ0n) is 11.1. The van der Waals surface area contributed by atoms with Crippen molar-refractivity contribution >= 4 is 50.9 Å². The number of carboxylic acids is 1. The highest BCUT2D eigenvalue weighted by Crippen LogP contribution is 2.23. The van der Waals surface area contributed by atoms with E-state index in [2.05, 4.69) is 21.2 Å². The van der Waals surface area contributed by atoms with Crippen molar-refractivity contribution in [3.63, 3.8) is 0 Å². The van der Waals surface area contributed by atoms with Crippen molar-refractivity contribution in [1.29, 1.82) is 0 Å².